The van der Waals surface area contributed by atoms with Gasteiger partial charge in [-0.15, -0.1) is 0 Å². The van der Waals surface area contributed by atoms with E-state index >= 15 is 0 Å². The van der Waals surface area contributed by atoms with Gasteiger partial charge >= 0.3 is 0 Å². The third-order valence-corrected chi connectivity index (χ3v) is 8.17. The van der Waals surface area contributed by atoms with Crippen molar-refractivity contribution in [3.05, 3.63) is 162 Å². The first-order chi connectivity index (χ1) is 22.6. The van der Waals surface area contributed by atoms with Crippen molar-refractivity contribution in [2.75, 3.05) is 0 Å². The van der Waals surface area contributed by atoms with Crippen LogP contribution in [0.3, 0.4) is 0 Å². The Morgan fingerprint density at radius 2 is 0.978 bits per heavy atom. The predicted molar refractivity (Wildman–Crippen MR) is 183 cm³/mol. The maximum absolute atomic E-state index is 11.8. The Morgan fingerprint density at radius 3 is 1.61 bits per heavy atom. The minimum atomic E-state index is -0.331. The van der Waals surface area contributed by atoms with Gasteiger partial charge in [0.25, 0.3) is 5.69 Å². The van der Waals surface area contributed by atoms with E-state index in [2.05, 4.69) is 28.8 Å². The second-order valence-corrected chi connectivity index (χ2v) is 10.9. The molecule has 0 unspecified atom stereocenters. The first-order valence-corrected chi connectivity index (χ1v) is 14.9. The van der Waals surface area contributed by atoms with E-state index in [-0.39, 0.29) is 10.6 Å². The molecule has 7 nitrogen and oxygen atoms in total. The van der Waals surface area contributed by atoms with E-state index in [1.54, 1.807) is 18.2 Å². The van der Waals surface area contributed by atoms with Crippen molar-refractivity contribution in [3.8, 4) is 51.0 Å². The van der Waals surface area contributed by atoms with Crippen molar-refractivity contribution in [1.82, 2.24) is 19.5 Å². The van der Waals surface area contributed by atoms with Crippen molar-refractivity contribution < 1.29 is 4.92 Å². The molecule has 8 aromatic rings. The zero-order chi connectivity index (χ0) is 31.0. The standard InChI is InChI=1S/C39H25N5O2/c45-44(46)36-18-10-7-15-31(36)29-21-24-35-33(25-29)32-16-8-9-17-34(32)43(35)30-22-19-28(20-23-30)39-41-37(26-11-3-1-4-12-26)40-38(42-39)27-13-5-2-6-14-27/h1-25H. The lowest BCUT2D eigenvalue weighted by Crippen LogP contribution is -2.00. The molecule has 0 aliphatic rings. The number of nitro groups is 1. The molecule has 0 N–H and O–H groups in total. The molecule has 6 aromatic carbocycles. The highest BCUT2D eigenvalue weighted by molar-refractivity contribution is 6.10. The van der Waals surface area contributed by atoms with E-state index in [1.807, 2.05) is 109 Å². The zero-order valence-corrected chi connectivity index (χ0v) is 24.5. The van der Waals surface area contributed by atoms with Gasteiger partial charge in [0.1, 0.15) is 0 Å². The summed E-state index contributed by atoms with van der Waals surface area (Å²) in [6.07, 6.45) is 0. The number of aromatic nitrogens is 4. The first kappa shape index (κ1) is 27.1. The molecule has 0 bridgehead atoms. The van der Waals surface area contributed by atoms with Crippen LogP contribution in [0.2, 0.25) is 0 Å². The second-order valence-electron chi connectivity index (χ2n) is 10.9. The average Bonchev–Trinajstić information content (AvgIpc) is 3.46. The van der Waals surface area contributed by atoms with Crippen LogP contribution < -0.4 is 0 Å². The molecule has 0 amide bonds. The van der Waals surface area contributed by atoms with Crippen molar-refractivity contribution in [3.63, 3.8) is 0 Å². The van der Waals surface area contributed by atoms with Crippen LogP contribution in [0.5, 0.6) is 0 Å². The van der Waals surface area contributed by atoms with Crippen LogP contribution in [0.25, 0.3) is 72.8 Å². The predicted octanol–water partition coefficient (Wildman–Crippen LogP) is 9.54. The molecule has 0 aliphatic heterocycles. The lowest BCUT2D eigenvalue weighted by Gasteiger charge is -2.11. The number of fused-ring (bicyclic) bond motifs is 3. The molecule has 0 radical (unpaired) electrons. The van der Waals surface area contributed by atoms with Gasteiger partial charge < -0.3 is 4.57 Å². The molecule has 218 valence electrons. The van der Waals surface area contributed by atoms with Crippen LogP contribution in [-0.4, -0.2) is 24.4 Å². The topological polar surface area (TPSA) is 86.7 Å². The Hall–Kier alpha value is -6.47. The van der Waals surface area contributed by atoms with Crippen molar-refractivity contribution >= 4 is 27.5 Å². The van der Waals surface area contributed by atoms with Crippen LogP contribution in [0.4, 0.5) is 5.69 Å². The summed E-state index contributed by atoms with van der Waals surface area (Å²) in [6, 6.07) is 49.2. The minimum Gasteiger partial charge on any atom is -0.309 e. The summed E-state index contributed by atoms with van der Waals surface area (Å²) in [7, 11) is 0. The Bertz CT molecular complexity index is 2330. The lowest BCUT2D eigenvalue weighted by atomic mass is 10.0. The summed E-state index contributed by atoms with van der Waals surface area (Å²) in [5, 5.41) is 13.9. The van der Waals surface area contributed by atoms with Gasteiger partial charge in [-0.1, -0.05) is 97.1 Å². The first-order valence-electron chi connectivity index (χ1n) is 14.9. The smallest absolute Gasteiger partial charge is 0.277 e. The highest BCUT2D eigenvalue weighted by Gasteiger charge is 2.18. The highest BCUT2D eigenvalue weighted by Crippen LogP contribution is 2.37. The molecular formula is C39H25N5O2. The fraction of sp³-hybridized carbons (Fsp3) is 0. The van der Waals surface area contributed by atoms with E-state index in [4.69, 9.17) is 15.0 Å². The van der Waals surface area contributed by atoms with Crippen LogP contribution in [0.1, 0.15) is 0 Å². The van der Waals surface area contributed by atoms with Crippen LogP contribution in [-0.2, 0) is 0 Å². The molecular weight excluding hydrogens is 570 g/mol. The number of nitrogens with zero attached hydrogens (tertiary/aromatic N) is 5. The van der Waals surface area contributed by atoms with E-state index in [9.17, 15) is 10.1 Å². The maximum atomic E-state index is 11.8. The minimum absolute atomic E-state index is 0.0883. The van der Waals surface area contributed by atoms with E-state index in [0.29, 0.717) is 23.0 Å². The third kappa shape index (κ3) is 4.76. The molecule has 7 heteroatoms. The number of para-hydroxylation sites is 2. The summed E-state index contributed by atoms with van der Waals surface area (Å²) in [4.78, 5) is 26.0. The number of hydrogen-bond donors (Lipinski definition) is 0. The Kier molecular flexibility index (Phi) is 6.61. The van der Waals surface area contributed by atoms with Crippen LogP contribution >= 0.6 is 0 Å². The maximum Gasteiger partial charge on any atom is 0.277 e. The van der Waals surface area contributed by atoms with Crippen LogP contribution in [0.15, 0.2) is 152 Å². The molecule has 0 atom stereocenters. The van der Waals surface area contributed by atoms with Crippen molar-refractivity contribution in [2.24, 2.45) is 0 Å². The number of nitro benzene ring substituents is 1. The van der Waals surface area contributed by atoms with Gasteiger partial charge in [-0.05, 0) is 54.1 Å². The van der Waals surface area contributed by atoms with Gasteiger partial charge in [0.05, 0.1) is 21.5 Å². The Labute approximate surface area is 264 Å². The van der Waals surface area contributed by atoms with Gasteiger partial charge in [-0.2, -0.15) is 0 Å². The number of benzene rings is 6. The summed E-state index contributed by atoms with van der Waals surface area (Å²) >= 11 is 0. The fourth-order valence-corrected chi connectivity index (χ4v) is 5.99. The SMILES string of the molecule is O=[N+]([O-])c1ccccc1-c1ccc2c(c1)c1ccccc1n2-c1ccc(-c2nc(-c3ccccc3)nc(-c3ccccc3)n2)cc1. The molecule has 0 fully saturated rings. The normalized spacial score (nSPS) is 11.2. The molecule has 0 spiro atoms. The summed E-state index contributed by atoms with van der Waals surface area (Å²) in [5.41, 5.74) is 7.24. The van der Waals surface area contributed by atoms with Gasteiger partial charge in [0, 0.05) is 39.2 Å². The zero-order valence-electron chi connectivity index (χ0n) is 24.5. The third-order valence-electron chi connectivity index (χ3n) is 8.17. The van der Waals surface area contributed by atoms with E-state index in [0.717, 1.165) is 49.7 Å². The highest BCUT2D eigenvalue weighted by atomic mass is 16.6. The quantitative estimate of drug-likeness (QED) is 0.141. The van der Waals surface area contributed by atoms with E-state index in [1.165, 1.54) is 0 Å². The number of hydrogen-bond acceptors (Lipinski definition) is 5. The molecule has 8 rings (SSSR count). The summed E-state index contributed by atoms with van der Waals surface area (Å²) < 4.78 is 2.22. The summed E-state index contributed by atoms with van der Waals surface area (Å²) in [5.74, 6) is 1.83. The molecule has 0 aliphatic carbocycles. The molecule has 2 aromatic heterocycles. The van der Waals surface area contributed by atoms with Gasteiger partial charge in [-0.25, -0.2) is 15.0 Å². The Morgan fingerprint density at radius 1 is 0.478 bits per heavy atom. The average molecular weight is 596 g/mol. The second kappa shape index (κ2) is 11.2. The van der Waals surface area contributed by atoms with Crippen LogP contribution in [0, 0.1) is 10.1 Å². The molecule has 0 saturated heterocycles. The summed E-state index contributed by atoms with van der Waals surface area (Å²) in [6.45, 7) is 0. The van der Waals surface area contributed by atoms with Gasteiger partial charge in [-0.3, -0.25) is 10.1 Å². The van der Waals surface area contributed by atoms with Crippen molar-refractivity contribution in [2.45, 2.75) is 0 Å². The Balaban J connectivity index is 1.24. The fourth-order valence-electron chi connectivity index (χ4n) is 5.99. The number of rotatable bonds is 6. The lowest BCUT2D eigenvalue weighted by molar-refractivity contribution is -0.384. The molecule has 0 saturated carbocycles. The van der Waals surface area contributed by atoms with Gasteiger partial charge in [0.15, 0.2) is 17.5 Å². The van der Waals surface area contributed by atoms with E-state index < -0.39 is 0 Å². The molecule has 46 heavy (non-hydrogen) atoms. The largest absolute Gasteiger partial charge is 0.309 e. The van der Waals surface area contributed by atoms with Crippen molar-refractivity contribution in [1.29, 1.82) is 0 Å². The van der Waals surface area contributed by atoms with Gasteiger partial charge in [0.2, 0.25) is 0 Å². The monoisotopic (exact) mass is 595 g/mol. The molecule has 2 heterocycles.